The Labute approximate surface area is 398 Å². The topological polar surface area (TPSA) is 33.5 Å². The Kier molecular flexibility index (Phi) is 9.06. The fourth-order valence-corrected chi connectivity index (χ4v) is 9.34. The summed E-state index contributed by atoms with van der Waals surface area (Å²) in [6.45, 7) is 23.0. The molecule has 330 valence electrons. The molecule has 3 heterocycles. The zero-order valence-corrected chi connectivity index (χ0v) is 39.7. The normalized spacial score (nSPS) is 14.2. The van der Waals surface area contributed by atoms with E-state index in [1.165, 1.54) is 22.4 Å². The van der Waals surface area contributed by atoms with Gasteiger partial charge in [-0.2, -0.15) is 0 Å². The van der Waals surface area contributed by atoms with Crippen LogP contribution in [-0.4, -0.2) is 16.2 Å². The van der Waals surface area contributed by atoms with Crippen LogP contribution in [-0.2, 0) is 16.2 Å². The van der Waals surface area contributed by atoms with Crippen molar-refractivity contribution in [3.05, 3.63) is 192 Å². The third kappa shape index (κ3) is 7.91. The first kappa shape index (κ1) is 37.1. The molecule has 0 saturated carbocycles. The molecule has 0 bridgehead atoms. The van der Waals surface area contributed by atoms with Crippen molar-refractivity contribution in [3.8, 4) is 39.6 Å². The lowest BCUT2D eigenvalue weighted by Gasteiger charge is -2.29. The number of nitrogens with zero attached hydrogens (tertiary/aromatic N) is 4. The standard InChI is InChI=1S/C61H60N4O/c1-40-30-58(62-38-52(40)41-20-12-11-13-21-41)65-54-25-17-15-23-50(54)51-29-28-47(37-57(51)65)66-48-32-42(49-22-14-16-24-53(49)61(8,9)10)31-45(36-48)63-39-64(56-27-19-18-26-55(56)63)46-34-43(59(2,3)4)33-44(35-46)60(5,6)7/h11-38H,39H2,1-10H3/i11D,12D,13D,20D,21D. The number of rotatable bonds is 7. The number of benzene rings is 7. The fraction of sp³-hybridized carbons (Fsp3) is 0.230. The summed E-state index contributed by atoms with van der Waals surface area (Å²) < 4.78 is 51.2. The molecular formula is C61H60N4O. The van der Waals surface area contributed by atoms with Crippen LogP contribution in [0.3, 0.4) is 0 Å². The van der Waals surface area contributed by atoms with E-state index in [0.29, 0.717) is 29.5 Å². The van der Waals surface area contributed by atoms with Crippen molar-refractivity contribution in [2.45, 2.75) is 85.5 Å². The molecule has 10 rings (SSSR count). The summed E-state index contributed by atoms with van der Waals surface area (Å²) in [5.74, 6) is 1.98. The Hall–Kier alpha value is -7.11. The van der Waals surface area contributed by atoms with Crippen molar-refractivity contribution in [2.75, 3.05) is 16.5 Å². The average molecular weight is 870 g/mol. The Morgan fingerprint density at radius 3 is 1.82 bits per heavy atom. The van der Waals surface area contributed by atoms with Gasteiger partial charge in [-0.05, 0) is 123 Å². The van der Waals surface area contributed by atoms with Crippen LogP contribution in [0.5, 0.6) is 11.5 Å². The lowest BCUT2D eigenvalue weighted by molar-refractivity contribution is 0.483. The van der Waals surface area contributed by atoms with Crippen LogP contribution in [0.2, 0.25) is 0 Å². The van der Waals surface area contributed by atoms with E-state index in [1.807, 2.05) is 31.2 Å². The Morgan fingerprint density at radius 2 is 1.15 bits per heavy atom. The van der Waals surface area contributed by atoms with E-state index in [0.717, 1.165) is 55.6 Å². The molecule has 1 aliphatic heterocycles. The molecule has 7 aromatic carbocycles. The highest BCUT2D eigenvalue weighted by Gasteiger charge is 2.31. The maximum atomic E-state index is 8.66. The van der Waals surface area contributed by atoms with Gasteiger partial charge in [0, 0.05) is 46.0 Å². The molecule has 1 aliphatic rings. The molecule has 0 saturated heterocycles. The second kappa shape index (κ2) is 16.1. The molecule has 9 aromatic rings. The van der Waals surface area contributed by atoms with Crippen LogP contribution in [0.15, 0.2) is 170 Å². The van der Waals surface area contributed by atoms with Crippen molar-refractivity contribution < 1.29 is 11.6 Å². The summed E-state index contributed by atoms with van der Waals surface area (Å²) in [5.41, 5.74) is 13.5. The summed E-state index contributed by atoms with van der Waals surface area (Å²) in [5, 5.41) is 2.07. The first-order chi connectivity index (χ1) is 33.6. The molecule has 0 N–H and O–H groups in total. The van der Waals surface area contributed by atoms with Crippen LogP contribution in [0.25, 0.3) is 49.9 Å². The SMILES string of the molecule is [2H]c1c([2H])c([2H])c(-c2cnc(-n3c4ccccc4c4ccc(Oc5cc(-c6ccccc6C(C)(C)C)cc(N6CN(c7cc(C(C)(C)C)cc(C(C)(C)C)c7)c7ccccc76)c5)cc43)cc2C)c([2H])c1[2H]. The number of hydrogen-bond donors (Lipinski definition) is 0. The van der Waals surface area contributed by atoms with Gasteiger partial charge < -0.3 is 14.5 Å². The third-order valence-corrected chi connectivity index (χ3v) is 12.9. The Morgan fingerprint density at radius 1 is 0.530 bits per heavy atom. The van der Waals surface area contributed by atoms with Gasteiger partial charge in [0.25, 0.3) is 0 Å². The zero-order chi connectivity index (χ0) is 50.5. The van der Waals surface area contributed by atoms with E-state index in [9.17, 15) is 0 Å². The van der Waals surface area contributed by atoms with Gasteiger partial charge in [0.15, 0.2) is 0 Å². The quantitative estimate of drug-likeness (QED) is 0.160. The molecule has 0 aliphatic carbocycles. The van der Waals surface area contributed by atoms with Crippen LogP contribution < -0.4 is 14.5 Å². The van der Waals surface area contributed by atoms with Crippen LogP contribution in [0.4, 0.5) is 22.7 Å². The summed E-state index contributed by atoms with van der Waals surface area (Å²) in [6, 6.07) is 45.7. The number of anilines is 4. The highest BCUT2D eigenvalue weighted by molar-refractivity contribution is 6.09. The fourth-order valence-electron chi connectivity index (χ4n) is 9.34. The molecule has 0 spiro atoms. The first-order valence-corrected chi connectivity index (χ1v) is 22.9. The second-order valence-corrected chi connectivity index (χ2v) is 20.8. The number of para-hydroxylation sites is 3. The number of fused-ring (bicyclic) bond motifs is 4. The van der Waals surface area contributed by atoms with Gasteiger partial charge in [0.1, 0.15) is 24.0 Å². The molecule has 2 aromatic heterocycles. The first-order valence-electron chi connectivity index (χ1n) is 25.4. The highest BCUT2D eigenvalue weighted by atomic mass is 16.5. The van der Waals surface area contributed by atoms with Gasteiger partial charge in [-0.3, -0.25) is 4.57 Å². The minimum absolute atomic E-state index is 0.0368. The van der Waals surface area contributed by atoms with Gasteiger partial charge in [0.05, 0.1) is 29.3 Å². The van der Waals surface area contributed by atoms with Crippen LogP contribution in [0, 0.1) is 6.92 Å². The summed E-state index contributed by atoms with van der Waals surface area (Å²) in [4.78, 5) is 9.76. The van der Waals surface area contributed by atoms with Crippen molar-refractivity contribution in [3.63, 3.8) is 0 Å². The van der Waals surface area contributed by atoms with Crippen LogP contribution >= 0.6 is 0 Å². The van der Waals surface area contributed by atoms with E-state index in [-0.39, 0.29) is 46.0 Å². The minimum atomic E-state index is -0.424. The molecule has 0 radical (unpaired) electrons. The summed E-state index contributed by atoms with van der Waals surface area (Å²) >= 11 is 0. The minimum Gasteiger partial charge on any atom is -0.457 e. The maximum Gasteiger partial charge on any atom is 0.137 e. The number of pyridine rings is 1. The lowest BCUT2D eigenvalue weighted by Crippen LogP contribution is -2.25. The zero-order valence-electron chi connectivity index (χ0n) is 44.7. The molecule has 0 unspecified atom stereocenters. The highest BCUT2D eigenvalue weighted by Crippen LogP contribution is 2.48. The van der Waals surface area contributed by atoms with Gasteiger partial charge in [-0.25, -0.2) is 4.98 Å². The summed E-state index contributed by atoms with van der Waals surface area (Å²) in [7, 11) is 0. The van der Waals surface area contributed by atoms with Crippen molar-refractivity contribution >= 4 is 44.6 Å². The van der Waals surface area contributed by atoms with E-state index < -0.39 is 6.04 Å². The lowest BCUT2D eigenvalue weighted by atomic mass is 9.80. The molecule has 0 amide bonds. The second-order valence-electron chi connectivity index (χ2n) is 20.8. The smallest absolute Gasteiger partial charge is 0.137 e. The molecule has 0 fully saturated rings. The molecule has 66 heavy (non-hydrogen) atoms. The largest absolute Gasteiger partial charge is 0.457 e. The van der Waals surface area contributed by atoms with E-state index in [1.54, 1.807) is 6.20 Å². The summed E-state index contributed by atoms with van der Waals surface area (Å²) in [6.07, 6.45) is 1.62. The number of aryl methyl sites for hydroxylation is 1. The number of ether oxygens (including phenoxy) is 1. The monoisotopic (exact) mass is 870 g/mol. The predicted octanol–water partition coefficient (Wildman–Crippen LogP) is 16.8. The predicted molar refractivity (Wildman–Crippen MR) is 279 cm³/mol. The average Bonchev–Trinajstić information content (AvgIpc) is 3.88. The van der Waals surface area contributed by atoms with Gasteiger partial charge >= 0.3 is 0 Å². The third-order valence-electron chi connectivity index (χ3n) is 12.9. The van der Waals surface area contributed by atoms with Crippen LogP contribution in [0.1, 0.15) is 91.4 Å². The number of hydrogen-bond acceptors (Lipinski definition) is 4. The molecule has 0 atom stereocenters. The Balaban J connectivity index is 1.10. The van der Waals surface area contributed by atoms with Crippen molar-refractivity contribution in [1.82, 2.24) is 9.55 Å². The molecule has 5 nitrogen and oxygen atoms in total. The van der Waals surface area contributed by atoms with E-state index >= 15 is 0 Å². The van der Waals surface area contributed by atoms with E-state index in [4.69, 9.17) is 16.6 Å². The Bertz CT molecular complexity index is 3530. The van der Waals surface area contributed by atoms with E-state index in [2.05, 4.69) is 186 Å². The van der Waals surface area contributed by atoms with Gasteiger partial charge in [-0.1, -0.05) is 153 Å². The van der Waals surface area contributed by atoms with Crippen molar-refractivity contribution in [2.24, 2.45) is 0 Å². The van der Waals surface area contributed by atoms with Gasteiger partial charge in [-0.15, -0.1) is 0 Å². The maximum absolute atomic E-state index is 8.66. The van der Waals surface area contributed by atoms with Gasteiger partial charge in [0.2, 0.25) is 0 Å². The van der Waals surface area contributed by atoms with Crippen molar-refractivity contribution in [1.29, 1.82) is 0 Å². The number of aromatic nitrogens is 2. The molecule has 5 heteroatoms. The molecular weight excluding hydrogens is 805 g/mol.